The molecular formula is C20H24F2N4O2S. The van der Waals surface area contributed by atoms with Gasteiger partial charge in [-0.25, -0.2) is 9.67 Å². The number of thiazole rings is 1. The van der Waals surface area contributed by atoms with Crippen LogP contribution < -0.4 is 10.1 Å². The van der Waals surface area contributed by atoms with Gasteiger partial charge in [-0.05, 0) is 30.5 Å². The smallest absolute Gasteiger partial charge is 0.321 e. The highest BCUT2D eigenvalue weighted by molar-refractivity contribution is 7.07. The molecule has 156 valence electrons. The van der Waals surface area contributed by atoms with E-state index >= 15 is 0 Å². The fourth-order valence-electron chi connectivity index (χ4n) is 3.13. The van der Waals surface area contributed by atoms with Crippen LogP contribution >= 0.6 is 11.3 Å². The van der Waals surface area contributed by atoms with Crippen LogP contribution in [0.2, 0.25) is 0 Å². The molecular weight excluding hydrogens is 398 g/mol. The third-order valence-corrected chi connectivity index (χ3v) is 5.25. The molecule has 9 heteroatoms. The van der Waals surface area contributed by atoms with Gasteiger partial charge in [0.05, 0.1) is 23.3 Å². The van der Waals surface area contributed by atoms with E-state index in [1.807, 2.05) is 44.4 Å². The standard InChI is InChI=1S/C20H24F2N4O2S/c1-5-16(18(12(2)3)25-19(27)20(4,21)22)28-14-6-7-15-13(8-14)9-24-26(15)17-10-29-11-23-17/h6-12,16,18H,5H2,1-4H3,(H,25,27)/t16-,18+/m1/s1. The molecule has 3 aromatic rings. The first-order valence-corrected chi connectivity index (χ1v) is 10.4. The Balaban J connectivity index is 1.82. The highest BCUT2D eigenvalue weighted by Gasteiger charge is 2.36. The number of fused-ring (bicyclic) bond motifs is 1. The Bertz CT molecular complexity index is 967. The molecule has 0 aliphatic carbocycles. The molecule has 0 fully saturated rings. The number of aromatic nitrogens is 3. The van der Waals surface area contributed by atoms with Crippen LogP contribution in [0.15, 0.2) is 35.3 Å². The number of nitrogens with zero attached hydrogens (tertiary/aromatic N) is 3. The van der Waals surface area contributed by atoms with Gasteiger partial charge in [-0.2, -0.15) is 13.9 Å². The van der Waals surface area contributed by atoms with Crippen molar-refractivity contribution in [3.8, 4) is 11.6 Å². The Hall–Kier alpha value is -2.55. The van der Waals surface area contributed by atoms with Gasteiger partial charge in [-0.1, -0.05) is 20.8 Å². The zero-order valence-corrected chi connectivity index (χ0v) is 17.5. The monoisotopic (exact) mass is 422 g/mol. The number of amides is 1. The van der Waals surface area contributed by atoms with Crippen molar-refractivity contribution in [2.45, 2.75) is 52.2 Å². The number of hydrogen-bond donors (Lipinski definition) is 1. The third kappa shape index (κ3) is 4.72. The fraction of sp³-hybridized carbons (Fsp3) is 0.450. The Kier molecular flexibility index (Phi) is 6.16. The first-order chi connectivity index (χ1) is 13.7. The maximum atomic E-state index is 13.4. The Morgan fingerprint density at radius 2 is 2.14 bits per heavy atom. The first kappa shape index (κ1) is 21.2. The molecule has 0 unspecified atom stereocenters. The van der Waals surface area contributed by atoms with Crippen molar-refractivity contribution in [3.05, 3.63) is 35.3 Å². The van der Waals surface area contributed by atoms with E-state index in [9.17, 15) is 13.6 Å². The van der Waals surface area contributed by atoms with Crippen molar-refractivity contribution in [1.29, 1.82) is 0 Å². The largest absolute Gasteiger partial charge is 0.488 e. The molecule has 3 rings (SSSR count). The highest BCUT2D eigenvalue weighted by Crippen LogP contribution is 2.26. The number of ether oxygens (including phenoxy) is 1. The van der Waals surface area contributed by atoms with Crippen molar-refractivity contribution >= 4 is 28.1 Å². The minimum absolute atomic E-state index is 0.0811. The predicted molar refractivity (Wildman–Crippen MR) is 109 cm³/mol. The van der Waals surface area contributed by atoms with E-state index in [-0.39, 0.29) is 5.92 Å². The summed E-state index contributed by atoms with van der Waals surface area (Å²) in [5.41, 5.74) is 2.63. The fourth-order valence-corrected chi connectivity index (χ4v) is 3.64. The number of benzene rings is 1. The van der Waals surface area contributed by atoms with Crippen LogP contribution in [-0.4, -0.2) is 38.7 Å². The molecule has 0 aliphatic heterocycles. The van der Waals surface area contributed by atoms with Crippen molar-refractivity contribution in [3.63, 3.8) is 0 Å². The van der Waals surface area contributed by atoms with E-state index in [2.05, 4.69) is 15.4 Å². The Morgan fingerprint density at radius 1 is 1.38 bits per heavy atom. The molecule has 0 bridgehead atoms. The summed E-state index contributed by atoms with van der Waals surface area (Å²) in [5.74, 6) is -3.48. The minimum Gasteiger partial charge on any atom is -0.488 e. The van der Waals surface area contributed by atoms with Crippen LogP contribution in [0, 0.1) is 5.92 Å². The van der Waals surface area contributed by atoms with E-state index in [1.54, 1.807) is 16.4 Å². The maximum Gasteiger partial charge on any atom is 0.321 e. The SMILES string of the molecule is CC[C@@H](Oc1ccc2c(cnn2-c2cscn2)c1)[C@@H](NC(=O)C(C)(F)F)C(C)C. The molecule has 1 N–H and O–H groups in total. The van der Waals surface area contributed by atoms with Crippen molar-refractivity contribution in [2.75, 3.05) is 0 Å². The molecule has 0 radical (unpaired) electrons. The zero-order valence-electron chi connectivity index (χ0n) is 16.7. The quantitative estimate of drug-likeness (QED) is 0.583. The van der Waals surface area contributed by atoms with Gasteiger partial charge in [0, 0.05) is 17.7 Å². The normalized spacial score (nSPS) is 14.2. The summed E-state index contributed by atoms with van der Waals surface area (Å²) >= 11 is 1.49. The number of alkyl halides is 2. The summed E-state index contributed by atoms with van der Waals surface area (Å²) in [6, 6.07) is 4.99. The number of hydrogen-bond acceptors (Lipinski definition) is 5. The third-order valence-electron chi connectivity index (χ3n) is 4.68. The van der Waals surface area contributed by atoms with Crippen LogP contribution in [0.4, 0.5) is 8.78 Å². The Labute approximate surface area is 171 Å². The lowest BCUT2D eigenvalue weighted by atomic mass is 9.96. The van der Waals surface area contributed by atoms with Crippen molar-refractivity contribution in [1.82, 2.24) is 20.1 Å². The second kappa shape index (κ2) is 8.44. The van der Waals surface area contributed by atoms with Crippen molar-refractivity contribution in [2.24, 2.45) is 5.92 Å². The van der Waals surface area contributed by atoms with Crippen LogP contribution in [0.25, 0.3) is 16.7 Å². The molecule has 6 nitrogen and oxygen atoms in total. The summed E-state index contributed by atoms with van der Waals surface area (Å²) in [4.78, 5) is 16.1. The maximum absolute atomic E-state index is 13.4. The highest BCUT2D eigenvalue weighted by atomic mass is 32.1. The topological polar surface area (TPSA) is 69.0 Å². The lowest BCUT2D eigenvalue weighted by molar-refractivity contribution is -0.145. The molecule has 0 saturated carbocycles. The molecule has 2 heterocycles. The van der Waals surface area contributed by atoms with Crippen LogP contribution in [0.5, 0.6) is 5.75 Å². The van der Waals surface area contributed by atoms with E-state index in [4.69, 9.17) is 4.74 Å². The summed E-state index contributed by atoms with van der Waals surface area (Å²) in [6.45, 7) is 6.22. The van der Waals surface area contributed by atoms with Gasteiger partial charge in [0.25, 0.3) is 5.91 Å². The lowest BCUT2D eigenvalue weighted by Gasteiger charge is -2.31. The van der Waals surface area contributed by atoms with Gasteiger partial charge in [0.15, 0.2) is 5.82 Å². The number of halogens is 2. The van der Waals surface area contributed by atoms with E-state index in [0.717, 1.165) is 16.7 Å². The number of carbonyl (C=O) groups is 1. The summed E-state index contributed by atoms with van der Waals surface area (Å²) < 4.78 is 34.6. The number of carbonyl (C=O) groups excluding carboxylic acids is 1. The predicted octanol–water partition coefficient (Wildman–Crippen LogP) is 4.44. The zero-order chi connectivity index (χ0) is 21.2. The first-order valence-electron chi connectivity index (χ1n) is 9.42. The second-order valence-corrected chi connectivity index (χ2v) is 8.04. The molecule has 29 heavy (non-hydrogen) atoms. The molecule has 1 aromatic carbocycles. The van der Waals surface area contributed by atoms with Gasteiger partial charge in [0.1, 0.15) is 11.9 Å². The number of rotatable bonds is 8. The van der Waals surface area contributed by atoms with Gasteiger partial charge in [-0.15, -0.1) is 11.3 Å². The summed E-state index contributed by atoms with van der Waals surface area (Å²) in [6.07, 6.45) is 1.82. The summed E-state index contributed by atoms with van der Waals surface area (Å²) in [7, 11) is 0. The van der Waals surface area contributed by atoms with Gasteiger partial charge in [-0.3, -0.25) is 4.79 Å². The van der Waals surface area contributed by atoms with Crippen LogP contribution in [-0.2, 0) is 4.79 Å². The molecule has 0 spiro atoms. The van der Waals surface area contributed by atoms with Crippen molar-refractivity contribution < 1.29 is 18.3 Å². The molecule has 1 amide bonds. The molecule has 0 aliphatic rings. The van der Waals surface area contributed by atoms with Gasteiger partial charge >= 0.3 is 5.92 Å². The van der Waals surface area contributed by atoms with Crippen LogP contribution in [0.3, 0.4) is 0 Å². The van der Waals surface area contributed by atoms with Gasteiger partial charge < -0.3 is 10.1 Å². The van der Waals surface area contributed by atoms with Gasteiger partial charge in [0.2, 0.25) is 0 Å². The van der Waals surface area contributed by atoms with E-state index < -0.39 is 24.0 Å². The minimum atomic E-state index is -3.44. The average Bonchev–Trinajstić information content (AvgIpc) is 3.32. The Morgan fingerprint density at radius 3 is 2.72 bits per heavy atom. The lowest BCUT2D eigenvalue weighted by Crippen LogP contribution is -2.52. The molecule has 0 saturated heterocycles. The van der Waals surface area contributed by atoms with Crippen LogP contribution in [0.1, 0.15) is 34.1 Å². The van der Waals surface area contributed by atoms with E-state index in [0.29, 0.717) is 19.1 Å². The summed E-state index contributed by atoms with van der Waals surface area (Å²) in [5, 5.41) is 9.60. The number of nitrogens with one attached hydrogen (secondary N) is 1. The molecule has 2 aromatic heterocycles. The average molecular weight is 423 g/mol. The second-order valence-electron chi connectivity index (χ2n) is 7.32. The molecule has 2 atom stereocenters. The van der Waals surface area contributed by atoms with E-state index in [1.165, 1.54) is 11.3 Å².